The standard InChI is InChI=1S/C24H29N7O2.C5H4N2O4/c1-15-19-14-27-24(28-20-8-7-18(13-26-20)30-11-9-25-10-12-30)29-22(19)31(17-5-3-4-6-17)23(33)21(15)16(2)32;8-3-1-2(4(9)10)6-5(11)7-3/h7-8,13-14,17,25H,3-6,9-12H2,1-2H3,(H,26,27,28,29);1H,(H,9,10)(H2,6,7,8,11). The van der Waals surface area contributed by atoms with Gasteiger partial charge in [-0.05, 0) is 44.4 Å². The molecule has 0 atom stereocenters. The summed E-state index contributed by atoms with van der Waals surface area (Å²) in [6, 6.07) is 4.81. The lowest BCUT2D eigenvalue weighted by atomic mass is 10.0. The van der Waals surface area contributed by atoms with Crippen LogP contribution in [-0.2, 0) is 0 Å². The number of anilines is 3. The first kappa shape index (κ1) is 30.3. The number of aromatic carboxylic acids is 1. The van der Waals surface area contributed by atoms with Gasteiger partial charge in [-0.15, -0.1) is 0 Å². The molecule has 15 heteroatoms. The van der Waals surface area contributed by atoms with Crippen molar-refractivity contribution in [1.82, 2.24) is 34.8 Å². The van der Waals surface area contributed by atoms with Crippen LogP contribution >= 0.6 is 0 Å². The molecule has 5 N–H and O–H groups in total. The zero-order valence-electron chi connectivity index (χ0n) is 24.3. The number of hydrogen-bond donors (Lipinski definition) is 5. The van der Waals surface area contributed by atoms with Crippen molar-refractivity contribution in [3.63, 3.8) is 0 Å². The van der Waals surface area contributed by atoms with E-state index in [2.05, 4.69) is 25.5 Å². The van der Waals surface area contributed by atoms with Gasteiger partial charge in [0.05, 0.1) is 17.4 Å². The number of carboxylic acid groups (broad SMARTS) is 1. The number of carbonyl (C=O) groups is 2. The SMILES string of the molecule is CC(=O)c1c(C)c2cnc(Nc3ccc(N4CCNCC4)cn3)nc2n(C2CCCC2)c1=O.O=C(O)c1cc(=O)[nH]c(=O)[nH]1. The summed E-state index contributed by atoms with van der Waals surface area (Å²) < 4.78 is 1.72. The Morgan fingerprint density at radius 2 is 1.75 bits per heavy atom. The predicted octanol–water partition coefficient (Wildman–Crippen LogP) is 1.73. The third-order valence-corrected chi connectivity index (χ3v) is 7.71. The fourth-order valence-electron chi connectivity index (χ4n) is 5.58. The number of H-pyrrole nitrogens is 2. The van der Waals surface area contributed by atoms with Crippen molar-refractivity contribution < 1.29 is 14.7 Å². The first-order chi connectivity index (χ1) is 21.1. The maximum Gasteiger partial charge on any atom is 0.352 e. The van der Waals surface area contributed by atoms with Gasteiger partial charge in [0.1, 0.15) is 17.2 Å². The number of ketones is 1. The Morgan fingerprint density at radius 1 is 1.02 bits per heavy atom. The summed E-state index contributed by atoms with van der Waals surface area (Å²) in [6.45, 7) is 7.11. The van der Waals surface area contributed by atoms with Crippen LogP contribution in [0.1, 0.15) is 65.1 Å². The topological polar surface area (TPSA) is 208 Å². The number of nitrogens with zero attached hydrogens (tertiary/aromatic N) is 5. The Morgan fingerprint density at radius 3 is 2.36 bits per heavy atom. The number of hydrogen-bond acceptors (Lipinski definition) is 11. The minimum Gasteiger partial charge on any atom is -0.477 e. The van der Waals surface area contributed by atoms with Gasteiger partial charge in [0.15, 0.2) is 5.78 Å². The summed E-state index contributed by atoms with van der Waals surface area (Å²) in [5.41, 5.74) is 0.321. The lowest BCUT2D eigenvalue weighted by Gasteiger charge is -2.29. The van der Waals surface area contributed by atoms with Crippen LogP contribution in [0.5, 0.6) is 0 Å². The molecule has 0 aromatic carbocycles. The van der Waals surface area contributed by atoms with Gasteiger partial charge in [0.2, 0.25) is 5.95 Å². The summed E-state index contributed by atoms with van der Waals surface area (Å²) in [6.07, 6.45) is 7.52. The van der Waals surface area contributed by atoms with E-state index in [0.29, 0.717) is 23.0 Å². The molecule has 6 rings (SSSR count). The van der Waals surface area contributed by atoms with Crippen LogP contribution in [0.3, 0.4) is 0 Å². The van der Waals surface area contributed by atoms with Gasteiger partial charge in [-0.2, -0.15) is 4.98 Å². The van der Waals surface area contributed by atoms with Gasteiger partial charge in [0.25, 0.3) is 11.1 Å². The van der Waals surface area contributed by atoms with E-state index >= 15 is 0 Å². The highest BCUT2D eigenvalue weighted by Crippen LogP contribution is 2.32. The summed E-state index contributed by atoms with van der Waals surface area (Å²) >= 11 is 0. The number of aromatic amines is 2. The molecule has 0 radical (unpaired) electrons. The second-order valence-corrected chi connectivity index (χ2v) is 10.7. The monoisotopic (exact) mass is 603 g/mol. The maximum absolute atomic E-state index is 13.3. The average Bonchev–Trinajstić information content (AvgIpc) is 3.52. The van der Waals surface area contributed by atoms with Crippen LogP contribution in [0.15, 0.2) is 45.0 Å². The molecule has 1 aliphatic heterocycles. The van der Waals surface area contributed by atoms with Crippen molar-refractivity contribution in [2.45, 2.75) is 45.6 Å². The second-order valence-electron chi connectivity index (χ2n) is 10.7. The van der Waals surface area contributed by atoms with Gasteiger partial charge in [-0.1, -0.05) is 12.8 Å². The molecule has 0 unspecified atom stereocenters. The summed E-state index contributed by atoms with van der Waals surface area (Å²) in [4.78, 5) is 76.5. The number of rotatable bonds is 6. The number of carbonyl (C=O) groups excluding carboxylic acids is 1. The Labute approximate surface area is 250 Å². The molecule has 0 bridgehead atoms. The fourth-order valence-corrected chi connectivity index (χ4v) is 5.58. The second kappa shape index (κ2) is 13.0. The molecule has 44 heavy (non-hydrogen) atoms. The first-order valence-corrected chi connectivity index (χ1v) is 14.3. The number of Topliss-reactive ketones (excluding diaryl/α,β-unsaturated/α-hetero) is 1. The smallest absolute Gasteiger partial charge is 0.352 e. The lowest BCUT2D eigenvalue weighted by Crippen LogP contribution is -2.43. The van der Waals surface area contributed by atoms with Gasteiger partial charge < -0.3 is 25.6 Å². The Balaban J connectivity index is 0.000000296. The summed E-state index contributed by atoms with van der Waals surface area (Å²) in [5.74, 6) is -0.540. The number of pyridine rings is 2. The molecular formula is C29H33N9O6. The molecule has 0 amide bonds. The molecule has 15 nitrogen and oxygen atoms in total. The molecule has 5 heterocycles. The third kappa shape index (κ3) is 6.57. The molecule has 2 fully saturated rings. The number of nitrogens with one attached hydrogen (secondary N) is 4. The van der Waals surface area contributed by atoms with E-state index in [1.807, 2.05) is 28.3 Å². The number of piperazine rings is 1. The van der Waals surface area contributed by atoms with Crippen molar-refractivity contribution in [3.05, 3.63) is 78.6 Å². The van der Waals surface area contributed by atoms with Crippen molar-refractivity contribution >= 4 is 40.2 Å². The normalized spacial score (nSPS) is 15.1. The van der Waals surface area contributed by atoms with Gasteiger partial charge in [0, 0.05) is 49.9 Å². The van der Waals surface area contributed by atoms with E-state index in [1.165, 1.54) is 6.92 Å². The van der Waals surface area contributed by atoms with Crippen LogP contribution < -0.4 is 32.3 Å². The van der Waals surface area contributed by atoms with Gasteiger partial charge >= 0.3 is 11.7 Å². The molecule has 1 aliphatic carbocycles. The molecule has 2 aliphatic rings. The first-order valence-electron chi connectivity index (χ1n) is 14.3. The van der Waals surface area contributed by atoms with Gasteiger partial charge in [-0.25, -0.2) is 19.6 Å². The highest BCUT2D eigenvalue weighted by atomic mass is 16.4. The van der Waals surface area contributed by atoms with Crippen molar-refractivity contribution in [2.75, 3.05) is 36.4 Å². The number of fused-ring (bicyclic) bond motifs is 1. The number of aromatic nitrogens is 6. The average molecular weight is 604 g/mol. The van der Waals surface area contributed by atoms with E-state index < -0.39 is 22.9 Å². The summed E-state index contributed by atoms with van der Waals surface area (Å²) in [7, 11) is 0. The van der Waals surface area contributed by atoms with E-state index in [0.717, 1.165) is 69.0 Å². The van der Waals surface area contributed by atoms with Crippen LogP contribution in [-0.4, -0.2) is 72.5 Å². The largest absolute Gasteiger partial charge is 0.477 e. The predicted molar refractivity (Wildman–Crippen MR) is 163 cm³/mol. The zero-order chi connectivity index (χ0) is 31.4. The van der Waals surface area contributed by atoms with Crippen LogP contribution in [0.25, 0.3) is 11.0 Å². The highest BCUT2D eigenvalue weighted by molar-refractivity contribution is 5.99. The molecule has 230 valence electrons. The molecule has 4 aromatic heterocycles. The quantitative estimate of drug-likeness (QED) is 0.200. The molecule has 4 aromatic rings. The summed E-state index contributed by atoms with van der Waals surface area (Å²) in [5, 5.41) is 15.6. The van der Waals surface area contributed by atoms with Crippen molar-refractivity contribution in [2.24, 2.45) is 0 Å². The Hall–Kier alpha value is -5.18. The zero-order valence-corrected chi connectivity index (χ0v) is 24.3. The van der Waals surface area contributed by atoms with Gasteiger partial charge in [-0.3, -0.25) is 23.9 Å². The van der Waals surface area contributed by atoms with E-state index in [9.17, 15) is 24.0 Å². The molecule has 1 saturated carbocycles. The Bertz CT molecular complexity index is 1840. The van der Waals surface area contributed by atoms with Crippen LogP contribution in [0.4, 0.5) is 17.5 Å². The minimum atomic E-state index is -1.34. The minimum absolute atomic E-state index is 0.0536. The van der Waals surface area contributed by atoms with Crippen molar-refractivity contribution in [1.29, 1.82) is 0 Å². The van der Waals surface area contributed by atoms with Crippen LogP contribution in [0, 0.1) is 6.92 Å². The lowest BCUT2D eigenvalue weighted by molar-refractivity contribution is 0.0689. The number of carboxylic acids is 1. The van der Waals surface area contributed by atoms with Crippen LogP contribution in [0.2, 0.25) is 0 Å². The third-order valence-electron chi connectivity index (χ3n) is 7.71. The van der Waals surface area contributed by atoms with E-state index in [4.69, 9.17) is 10.1 Å². The fraction of sp³-hybridized carbons (Fsp3) is 0.379. The number of aryl methyl sites for hydroxylation is 1. The molecule has 0 spiro atoms. The maximum atomic E-state index is 13.3. The van der Waals surface area contributed by atoms with E-state index in [-0.39, 0.29) is 22.9 Å². The van der Waals surface area contributed by atoms with Crippen molar-refractivity contribution in [3.8, 4) is 0 Å². The molecular weight excluding hydrogens is 570 g/mol. The highest BCUT2D eigenvalue weighted by Gasteiger charge is 2.26. The Kier molecular flexibility index (Phi) is 8.94. The van der Waals surface area contributed by atoms with E-state index in [1.54, 1.807) is 17.7 Å². The molecule has 1 saturated heterocycles.